The minimum Gasteiger partial charge on any atom is -0.400 e. The third kappa shape index (κ3) is 2.87. The lowest BCUT2D eigenvalue weighted by atomic mass is 9.80. The Labute approximate surface area is 103 Å². The number of rotatable bonds is 5. The highest BCUT2D eigenvalue weighted by Crippen LogP contribution is 2.62. The summed E-state index contributed by atoms with van der Waals surface area (Å²) in [5, 5.41) is 7.00. The molecule has 2 rings (SSSR count). The highest BCUT2D eigenvalue weighted by atomic mass is 16.7. The first kappa shape index (κ1) is 14.6. The quantitative estimate of drug-likeness (QED) is 0.591. The standard InChI is InChI=1S/C12H20O3.CH4O/c1-14-10(15-2)7-11-3-5-12(8-11,9-13)6-4-11;1-2/h9-10H,3-8H2,1-2H3;2H,1H3. The molecule has 0 unspecified atom stereocenters. The molecule has 0 amide bonds. The fourth-order valence-corrected chi connectivity index (χ4v) is 3.43. The van der Waals surface area contributed by atoms with Crippen molar-refractivity contribution in [1.29, 1.82) is 0 Å². The molecule has 0 atom stereocenters. The Morgan fingerprint density at radius 2 is 1.71 bits per heavy atom. The molecule has 2 bridgehead atoms. The zero-order valence-corrected chi connectivity index (χ0v) is 11.1. The van der Waals surface area contributed by atoms with Crippen LogP contribution in [0.1, 0.15) is 38.5 Å². The summed E-state index contributed by atoms with van der Waals surface area (Å²) in [7, 11) is 4.36. The monoisotopic (exact) mass is 244 g/mol. The van der Waals surface area contributed by atoms with Crippen molar-refractivity contribution < 1.29 is 19.4 Å². The van der Waals surface area contributed by atoms with Crippen LogP contribution in [0.15, 0.2) is 0 Å². The van der Waals surface area contributed by atoms with Crippen LogP contribution < -0.4 is 0 Å². The molecular formula is C13H24O4. The summed E-state index contributed by atoms with van der Waals surface area (Å²) in [4.78, 5) is 11.1. The van der Waals surface area contributed by atoms with E-state index in [0.29, 0.717) is 5.41 Å². The van der Waals surface area contributed by atoms with Crippen LogP contribution in [-0.2, 0) is 14.3 Å². The molecule has 0 spiro atoms. The Morgan fingerprint density at radius 3 is 2.06 bits per heavy atom. The predicted molar refractivity (Wildman–Crippen MR) is 64.6 cm³/mol. The average molecular weight is 244 g/mol. The first-order valence-corrected chi connectivity index (χ1v) is 6.14. The van der Waals surface area contributed by atoms with E-state index in [-0.39, 0.29) is 11.7 Å². The van der Waals surface area contributed by atoms with Crippen LogP contribution in [0.2, 0.25) is 0 Å². The Morgan fingerprint density at radius 1 is 1.18 bits per heavy atom. The van der Waals surface area contributed by atoms with Crippen molar-refractivity contribution in [2.45, 2.75) is 44.8 Å². The van der Waals surface area contributed by atoms with Crippen LogP contribution in [0, 0.1) is 10.8 Å². The molecule has 0 heterocycles. The predicted octanol–water partition coefficient (Wildman–Crippen LogP) is 1.75. The number of aliphatic hydroxyl groups excluding tert-OH is 1. The molecule has 2 fully saturated rings. The molecule has 0 aliphatic heterocycles. The highest BCUT2D eigenvalue weighted by molar-refractivity contribution is 5.61. The Hall–Kier alpha value is -0.450. The van der Waals surface area contributed by atoms with Gasteiger partial charge in [-0.3, -0.25) is 0 Å². The Balaban J connectivity index is 0.000000686. The minimum atomic E-state index is -0.106. The second-order valence-corrected chi connectivity index (χ2v) is 5.26. The Bertz CT molecular complexity index is 240. The third-order valence-electron chi connectivity index (χ3n) is 4.41. The first-order chi connectivity index (χ1) is 8.17. The fourth-order valence-electron chi connectivity index (χ4n) is 3.43. The summed E-state index contributed by atoms with van der Waals surface area (Å²) in [6, 6.07) is 0. The maximum absolute atomic E-state index is 11.1. The first-order valence-electron chi connectivity index (χ1n) is 6.14. The van der Waals surface area contributed by atoms with E-state index in [1.165, 1.54) is 6.29 Å². The maximum Gasteiger partial charge on any atom is 0.157 e. The lowest BCUT2D eigenvalue weighted by Crippen LogP contribution is -2.25. The molecule has 0 aromatic carbocycles. The van der Waals surface area contributed by atoms with Crippen LogP contribution in [0.4, 0.5) is 0 Å². The molecule has 2 saturated carbocycles. The average Bonchev–Trinajstić information content (AvgIpc) is 2.95. The van der Waals surface area contributed by atoms with Gasteiger partial charge in [0, 0.05) is 33.2 Å². The molecule has 2 aliphatic carbocycles. The second-order valence-electron chi connectivity index (χ2n) is 5.26. The van der Waals surface area contributed by atoms with Gasteiger partial charge >= 0.3 is 0 Å². The van der Waals surface area contributed by atoms with Gasteiger partial charge in [-0.1, -0.05) is 0 Å². The number of ether oxygens (including phenoxy) is 2. The number of aldehydes is 1. The van der Waals surface area contributed by atoms with Crippen LogP contribution in [-0.4, -0.2) is 39.0 Å². The zero-order chi connectivity index (χ0) is 12.9. The second kappa shape index (κ2) is 5.94. The molecule has 17 heavy (non-hydrogen) atoms. The lowest BCUT2D eigenvalue weighted by Gasteiger charge is -2.29. The van der Waals surface area contributed by atoms with E-state index in [1.54, 1.807) is 14.2 Å². The van der Waals surface area contributed by atoms with Crippen LogP contribution in [0.3, 0.4) is 0 Å². The van der Waals surface area contributed by atoms with E-state index in [4.69, 9.17) is 14.6 Å². The molecule has 4 heteroatoms. The largest absolute Gasteiger partial charge is 0.400 e. The number of fused-ring (bicyclic) bond motifs is 2. The number of hydrogen-bond acceptors (Lipinski definition) is 4. The number of methoxy groups -OCH3 is 2. The molecule has 0 radical (unpaired) electrons. The summed E-state index contributed by atoms with van der Waals surface area (Å²) < 4.78 is 10.5. The van der Waals surface area contributed by atoms with E-state index < -0.39 is 0 Å². The lowest BCUT2D eigenvalue weighted by molar-refractivity contribution is -0.125. The topological polar surface area (TPSA) is 55.8 Å². The Kier molecular flexibility index (Phi) is 5.10. The van der Waals surface area contributed by atoms with Crippen molar-refractivity contribution >= 4 is 6.29 Å². The number of carbonyl (C=O) groups excluding carboxylic acids is 1. The molecule has 4 nitrogen and oxygen atoms in total. The summed E-state index contributed by atoms with van der Waals surface area (Å²) in [6.45, 7) is 0. The van der Waals surface area contributed by atoms with E-state index in [9.17, 15) is 4.79 Å². The van der Waals surface area contributed by atoms with Gasteiger partial charge in [-0.05, 0) is 37.5 Å². The van der Waals surface area contributed by atoms with Crippen LogP contribution in [0.25, 0.3) is 0 Å². The van der Waals surface area contributed by atoms with E-state index in [2.05, 4.69) is 0 Å². The van der Waals surface area contributed by atoms with Gasteiger partial charge in [-0.2, -0.15) is 0 Å². The SMILES string of the molecule is CO.COC(CC12CCC(C=O)(CC1)C2)OC. The summed E-state index contributed by atoms with van der Waals surface area (Å²) in [5.41, 5.74) is 0.323. The van der Waals surface area contributed by atoms with Crippen molar-refractivity contribution in [3.8, 4) is 0 Å². The van der Waals surface area contributed by atoms with E-state index in [0.717, 1.165) is 45.6 Å². The minimum absolute atomic E-state index is 0.00598. The summed E-state index contributed by atoms with van der Waals surface area (Å²) >= 11 is 0. The van der Waals surface area contributed by atoms with Crippen LogP contribution >= 0.6 is 0 Å². The van der Waals surface area contributed by atoms with Gasteiger partial charge in [0.2, 0.25) is 0 Å². The fraction of sp³-hybridized carbons (Fsp3) is 0.923. The van der Waals surface area contributed by atoms with Gasteiger partial charge in [0.15, 0.2) is 6.29 Å². The molecule has 1 N–H and O–H groups in total. The molecule has 0 aromatic rings. The molecule has 0 saturated heterocycles. The number of aliphatic hydroxyl groups is 1. The van der Waals surface area contributed by atoms with Gasteiger partial charge in [-0.25, -0.2) is 0 Å². The summed E-state index contributed by atoms with van der Waals surface area (Å²) in [6.07, 6.45) is 7.53. The number of hydrogen-bond donors (Lipinski definition) is 1. The summed E-state index contributed by atoms with van der Waals surface area (Å²) in [5.74, 6) is 0. The van der Waals surface area contributed by atoms with Crippen molar-refractivity contribution in [1.82, 2.24) is 0 Å². The molecular weight excluding hydrogens is 220 g/mol. The maximum atomic E-state index is 11.1. The molecule has 0 aromatic heterocycles. The highest BCUT2D eigenvalue weighted by Gasteiger charge is 2.54. The van der Waals surface area contributed by atoms with E-state index >= 15 is 0 Å². The van der Waals surface area contributed by atoms with Gasteiger partial charge < -0.3 is 19.4 Å². The normalized spacial score (nSPS) is 34.6. The van der Waals surface area contributed by atoms with Gasteiger partial charge in [-0.15, -0.1) is 0 Å². The molecule has 100 valence electrons. The molecule has 2 aliphatic rings. The number of carbonyl (C=O) groups is 1. The van der Waals surface area contributed by atoms with Crippen molar-refractivity contribution in [2.24, 2.45) is 10.8 Å². The van der Waals surface area contributed by atoms with Gasteiger partial charge in [0.25, 0.3) is 0 Å². The van der Waals surface area contributed by atoms with Crippen molar-refractivity contribution in [2.75, 3.05) is 21.3 Å². The van der Waals surface area contributed by atoms with Gasteiger partial charge in [0.05, 0.1) is 0 Å². The van der Waals surface area contributed by atoms with Crippen molar-refractivity contribution in [3.05, 3.63) is 0 Å². The van der Waals surface area contributed by atoms with Crippen LogP contribution in [0.5, 0.6) is 0 Å². The van der Waals surface area contributed by atoms with Crippen molar-refractivity contribution in [3.63, 3.8) is 0 Å². The smallest absolute Gasteiger partial charge is 0.157 e. The zero-order valence-electron chi connectivity index (χ0n) is 11.1. The third-order valence-corrected chi connectivity index (χ3v) is 4.41. The van der Waals surface area contributed by atoms with E-state index in [1.807, 2.05) is 0 Å². The van der Waals surface area contributed by atoms with Gasteiger partial charge in [0.1, 0.15) is 6.29 Å².